The van der Waals surface area contributed by atoms with Crippen molar-refractivity contribution >= 4 is 46.5 Å². The van der Waals surface area contributed by atoms with Gasteiger partial charge in [-0.15, -0.1) is 0 Å². The molecule has 26 heavy (non-hydrogen) atoms. The molecule has 8 nitrogen and oxygen atoms in total. The summed E-state index contributed by atoms with van der Waals surface area (Å²) in [6, 6.07) is 10.0. The van der Waals surface area contributed by atoms with Crippen LogP contribution >= 0.6 is 23.2 Å². The summed E-state index contributed by atoms with van der Waals surface area (Å²) in [5.41, 5.74) is -0.0499. The first-order chi connectivity index (χ1) is 12.3. The minimum absolute atomic E-state index is 0.0110. The van der Waals surface area contributed by atoms with E-state index in [1.54, 1.807) is 18.2 Å². The fourth-order valence-electron chi connectivity index (χ4n) is 1.79. The summed E-state index contributed by atoms with van der Waals surface area (Å²) in [6.45, 7) is -0.961. The van der Waals surface area contributed by atoms with Crippen LogP contribution < -0.4 is 10.1 Å². The zero-order valence-electron chi connectivity index (χ0n) is 13.1. The number of nitro benzene ring substituents is 1. The average Bonchev–Trinajstić information content (AvgIpc) is 2.60. The maximum atomic E-state index is 11.8. The van der Waals surface area contributed by atoms with Crippen LogP contribution in [0.2, 0.25) is 10.0 Å². The SMILES string of the molecule is O=C(COC(=O)COc1cccc(Cl)c1)Nc1ccc([N+](=O)[O-])cc1Cl. The molecule has 0 saturated heterocycles. The number of benzene rings is 2. The number of hydrogen-bond donors (Lipinski definition) is 1. The Kier molecular flexibility index (Phi) is 6.76. The maximum Gasteiger partial charge on any atom is 0.344 e. The minimum Gasteiger partial charge on any atom is -0.482 e. The number of amides is 1. The van der Waals surface area contributed by atoms with E-state index in [0.29, 0.717) is 10.8 Å². The van der Waals surface area contributed by atoms with Crippen LogP contribution in [-0.4, -0.2) is 30.0 Å². The van der Waals surface area contributed by atoms with E-state index in [1.165, 1.54) is 18.2 Å². The van der Waals surface area contributed by atoms with Gasteiger partial charge in [-0.3, -0.25) is 14.9 Å². The lowest BCUT2D eigenvalue weighted by molar-refractivity contribution is -0.384. The number of esters is 1. The van der Waals surface area contributed by atoms with Gasteiger partial charge >= 0.3 is 5.97 Å². The van der Waals surface area contributed by atoms with Gasteiger partial charge in [0.25, 0.3) is 11.6 Å². The van der Waals surface area contributed by atoms with Gasteiger partial charge < -0.3 is 14.8 Å². The Morgan fingerprint density at radius 3 is 2.54 bits per heavy atom. The van der Waals surface area contributed by atoms with Gasteiger partial charge in [-0.25, -0.2) is 4.79 Å². The zero-order chi connectivity index (χ0) is 19.1. The Labute approximate surface area is 157 Å². The molecule has 136 valence electrons. The Bertz CT molecular complexity index is 843. The third-order valence-corrected chi connectivity index (χ3v) is 3.50. The highest BCUT2D eigenvalue weighted by Crippen LogP contribution is 2.26. The lowest BCUT2D eigenvalue weighted by Gasteiger charge is -2.09. The van der Waals surface area contributed by atoms with Crippen molar-refractivity contribution in [2.75, 3.05) is 18.5 Å². The van der Waals surface area contributed by atoms with Gasteiger partial charge in [-0.2, -0.15) is 0 Å². The van der Waals surface area contributed by atoms with Crippen LogP contribution in [0.25, 0.3) is 0 Å². The molecule has 1 amide bonds. The first-order valence-electron chi connectivity index (χ1n) is 7.13. The minimum atomic E-state index is -0.755. The van der Waals surface area contributed by atoms with E-state index >= 15 is 0 Å². The number of nitrogens with one attached hydrogen (secondary N) is 1. The zero-order valence-corrected chi connectivity index (χ0v) is 14.6. The molecule has 0 aliphatic carbocycles. The molecule has 2 aromatic carbocycles. The lowest BCUT2D eigenvalue weighted by atomic mass is 10.3. The largest absolute Gasteiger partial charge is 0.482 e. The van der Waals surface area contributed by atoms with Crippen LogP contribution in [0.1, 0.15) is 0 Å². The molecular formula is C16H12Cl2N2O6. The van der Waals surface area contributed by atoms with Crippen molar-refractivity contribution in [1.29, 1.82) is 0 Å². The molecule has 0 aliphatic rings. The number of carbonyl (C=O) groups is 2. The second-order valence-electron chi connectivity index (χ2n) is 4.88. The third-order valence-electron chi connectivity index (χ3n) is 2.95. The number of rotatable bonds is 7. The Balaban J connectivity index is 1.79. The third kappa shape index (κ3) is 5.91. The number of hydrogen-bond acceptors (Lipinski definition) is 6. The van der Waals surface area contributed by atoms with E-state index in [9.17, 15) is 19.7 Å². The van der Waals surface area contributed by atoms with Crippen LogP contribution in [0.5, 0.6) is 5.75 Å². The normalized spacial score (nSPS) is 10.1. The molecule has 2 rings (SSSR count). The van der Waals surface area contributed by atoms with Gasteiger partial charge in [0.05, 0.1) is 15.6 Å². The number of anilines is 1. The van der Waals surface area contributed by atoms with Crippen LogP contribution in [-0.2, 0) is 14.3 Å². The molecule has 2 aromatic rings. The molecule has 10 heteroatoms. The summed E-state index contributed by atoms with van der Waals surface area (Å²) >= 11 is 11.6. The highest BCUT2D eigenvalue weighted by molar-refractivity contribution is 6.34. The van der Waals surface area contributed by atoms with Gasteiger partial charge in [-0.05, 0) is 24.3 Å². The van der Waals surface area contributed by atoms with E-state index in [4.69, 9.17) is 32.7 Å². The Morgan fingerprint density at radius 1 is 1.12 bits per heavy atom. The molecule has 0 bridgehead atoms. The molecule has 0 atom stereocenters. The number of nitrogens with zero attached hydrogens (tertiary/aromatic N) is 1. The molecule has 0 fully saturated rings. The standard InChI is InChI=1S/C16H12Cl2N2O6/c17-10-2-1-3-12(6-10)25-9-16(22)26-8-15(21)19-14-5-4-11(20(23)24)7-13(14)18/h1-7H,8-9H2,(H,19,21). The number of non-ortho nitro benzene ring substituents is 1. The molecule has 0 saturated carbocycles. The smallest absolute Gasteiger partial charge is 0.344 e. The first kappa shape index (κ1) is 19.5. The van der Waals surface area contributed by atoms with Crippen LogP contribution in [0.4, 0.5) is 11.4 Å². The summed E-state index contributed by atoms with van der Waals surface area (Å²) in [5.74, 6) is -1.02. The lowest BCUT2D eigenvalue weighted by Crippen LogP contribution is -2.23. The highest BCUT2D eigenvalue weighted by Gasteiger charge is 2.13. The second kappa shape index (κ2) is 9.02. The van der Waals surface area contributed by atoms with Gasteiger partial charge in [-0.1, -0.05) is 29.3 Å². The Hall–Kier alpha value is -2.84. The van der Waals surface area contributed by atoms with Gasteiger partial charge in [0.15, 0.2) is 13.2 Å². The van der Waals surface area contributed by atoms with Gasteiger partial charge in [0.2, 0.25) is 0 Å². The summed E-state index contributed by atoms with van der Waals surface area (Å²) in [5, 5.41) is 13.5. The van der Waals surface area contributed by atoms with Gasteiger partial charge in [0.1, 0.15) is 5.75 Å². The van der Waals surface area contributed by atoms with E-state index < -0.39 is 30.0 Å². The predicted octanol–water partition coefficient (Wildman–Crippen LogP) is 3.46. The first-order valence-corrected chi connectivity index (χ1v) is 7.88. The maximum absolute atomic E-state index is 11.8. The topological polar surface area (TPSA) is 108 Å². The average molecular weight is 399 g/mol. The van der Waals surface area contributed by atoms with E-state index in [0.717, 1.165) is 6.07 Å². The van der Waals surface area contributed by atoms with E-state index in [1.807, 2.05) is 0 Å². The number of nitro groups is 1. The molecule has 0 unspecified atom stereocenters. The van der Waals surface area contributed by atoms with Crippen molar-refractivity contribution in [3.8, 4) is 5.75 Å². The van der Waals surface area contributed by atoms with Crippen LogP contribution in [0.15, 0.2) is 42.5 Å². The molecule has 0 spiro atoms. The molecule has 0 radical (unpaired) electrons. The summed E-state index contributed by atoms with van der Waals surface area (Å²) < 4.78 is 9.95. The fourth-order valence-corrected chi connectivity index (χ4v) is 2.19. The van der Waals surface area contributed by atoms with Crippen molar-refractivity contribution < 1.29 is 24.0 Å². The highest BCUT2D eigenvalue weighted by atomic mass is 35.5. The van der Waals surface area contributed by atoms with Crippen molar-refractivity contribution in [2.45, 2.75) is 0 Å². The van der Waals surface area contributed by atoms with Crippen LogP contribution in [0, 0.1) is 10.1 Å². The molecule has 0 aliphatic heterocycles. The predicted molar refractivity (Wildman–Crippen MR) is 94.6 cm³/mol. The molecular weight excluding hydrogens is 387 g/mol. The Morgan fingerprint density at radius 2 is 1.88 bits per heavy atom. The van der Waals surface area contributed by atoms with E-state index in [-0.39, 0.29) is 16.4 Å². The molecule has 0 heterocycles. The quantitative estimate of drug-likeness (QED) is 0.434. The van der Waals surface area contributed by atoms with E-state index in [2.05, 4.69) is 5.32 Å². The number of halogens is 2. The second-order valence-corrected chi connectivity index (χ2v) is 5.72. The van der Waals surface area contributed by atoms with Crippen LogP contribution in [0.3, 0.4) is 0 Å². The monoisotopic (exact) mass is 398 g/mol. The number of carbonyl (C=O) groups excluding carboxylic acids is 2. The summed E-state index contributed by atoms with van der Waals surface area (Å²) in [7, 11) is 0. The summed E-state index contributed by atoms with van der Waals surface area (Å²) in [6.07, 6.45) is 0. The van der Waals surface area contributed by atoms with Gasteiger partial charge in [0, 0.05) is 17.2 Å². The van der Waals surface area contributed by atoms with Crippen molar-refractivity contribution in [3.63, 3.8) is 0 Å². The fraction of sp³-hybridized carbons (Fsp3) is 0.125. The molecule has 1 N–H and O–H groups in total. The van der Waals surface area contributed by atoms with Crippen molar-refractivity contribution in [1.82, 2.24) is 0 Å². The van der Waals surface area contributed by atoms with Crippen molar-refractivity contribution in [2.24, 2.45) is 0 Å². The summed E-state index contributed by atoms with van der Waals surface area (Å²) in [4.78, 5) is 33.4. The van der Waals surface area contributed by atoms with Crippen molar-refractivity contribution in [3.05, 3.63) is 62.6 Å². The molecule has 0 aromatic heterocycles. The number of ether oxygens (including phenoxy) is 2.